The Kier molecular flexibility index (Phi) is 3.53. The molecule has 5 heteroatoms. The number of hydrogen-bond donors (Lipinski definition) is 0. The van der Waals surface area contributed by atoms with E-state index < -0.39 is 0 Å². The molecule has 138 valence electrons. The van der Waals surface area contributed by atoms with Crippen LogP contribution in [0.1, 0.15) is 22.7 Å². The van der Waals surface area contributed by atoms with E-state index >= 15 is 0 Å². The molecular formula is C23H19N3OS. The van der Waals surface area contributed by atoms with Crippen molar-refractivity contribution in [2.75, 3.05) is 12.4 Å². The fraction of sp³-hybridized carbons (Fsp3) is 0.217. The summed E-state index contributed by atoms with van der Waals surface area (Å²) in [4.78, 5) is 4.97. The van der Waals surface area contributed by atoms with Gasteiger partial charge in [0.15, 0.2) is 0 Å². The molecule has 4 nitrogen and oxygen atoms in total. The highest BCUT2D eigenvalue weighted by Crippen LogP contribution is 2.50. The number of hydrogen-bond acceptors (Lipinski definition) is 4. The summed E-state index contributed by atoms with van der Waals surface area (Å²) in [5.74, 6) is 2.64. The van der Waals surface area contributed by atoms with Gasteiger partial charge < -0.3 is 4.74 Å². The van der Waals surface area contributed by atoms with Crippen LogP contribution in [0.3, 0.4) is 0 Å². The topological polar surface area (TPSA) is 39.9 Å². The van der Waals surface area contributed by atoms with Gasteiger partial charge in [0.25, 0.3) is 0 Å². The first kappa shape index (κ1) is 16.2. The summed E-state index contributed by atoms with van der Waals surface area (Å²) in [6, 6.07) is 20.9. The Morgan fingerprint density at radius 1 is 1.07 bits per heavy atom. The van der Waals surface area contributed by atoms with Gasteiger partial charge in [0, 0.05) is 28.5 Å². The number of benzene rings is 2. The van der Waals surface area contributed by atoms with E-state index in [-0.39, 0.29) is 5.92 Å². The summed E-state index contributed by atoms with van der Waals surface area (Å²) in [5, 5.41) is 7.20. The fourth-order valence-corrected chi connectivity index (χ4v) is 5.65. The zero-order chi connectivity index (χ0) is 18.7. The number of nitrogens with zero attached hydrogens (tertiary/aromatic N) is 3. The lowest BCUT2D eigenvalue weighted by atomic mass is 9.80. The molecule has 0 saturated carbocycles. The number of thioether (sulfide) groups is 1. The maximum absolute atomic E-state index is 6.27. The van der Waals surface area contributed by atoms with Gasteiger partial charge in [-0.3, -0.25) is 0 Å². The van der Waals surface area contributed by atoms with Crippen molar-refractivity contribution in [1.29, 1.82) is 0 Å². The smallest absolute Gasteiger partial charge is 0.220 e. The van der Waals surface area contributed by atoms with E-state index in [2.05, 4.69) is 49.4 Å². The zero-order valence-electron chi connectivity index (χ0n) is 15.5. The number of rotatable bonds is 1. The highest BCUT2D eigenvalue weighted by molar-refractivity contribution is 7.99. The predicted octanol–water partition coefficient (Wildman–Crippen LogP) is 4.98. The summed E-state index contributed by atoms with van der Waals surface area (Å²) in [5.41, 5.74) is 5.68. The molecule has 2 aromatic carbocycles. The van der Waals surface area contributed by atoms with Crippen molar-refractivity contribution in [2.24, 2.45) is 5.92 Å². The number of pyridine rings is 1. The van der Waals surface area contributed by atoms with Crippen LogP contribution in [0.5, 0.6) is 5.88 Å². The highest BCUT2D eigenvalue weighted by atomic mass is 32.2. The highest BCUT2D eigenvalue weighted by Gasteiger charge is 2.41. The molecule has 2 atom stereocenters. The minimum Gasteiger partial charge on any atom is -0.477 e. The third kappa shape index (κ3) is 2.32. The Balaban J connectivity index is 1.57. The Morgan fingerprint density at radius 2 is 1.89 bits per heavy atom. The van der Waals surface area contributed by atoms with Gasteiger partial charge >= 0.3 is 0 Å². The van der Waals surface area contributed by atoms with E-state index in [1.165, 1.54) is 16.5 Å². The lowest BCUT2D eigenvalue weighted by Gasteiger charge is -2.36. The number of aromatic nitrogens is 3. The SMILES string of the molecule is Cc1nn(-c2ccccc2)c2c1[C@@H]1c3cc4ccccc4nc3SC[C@@H]1CO2. The molecule has 0 bridgehead atoms. The van der Waals surface area contributed by atoms with Crippen LogP contribution in [-0.2, 0) is 0 Å². The number of ether oxygens (including phenoxy) is 1. The van der Waals surface area contributed by atoms with Gasteiger partial charge in [-0.1, -0.05) is 36.4 Å². The molecule has 28 heavy (non-hydrogen) atoms. The van der Waals surface area contributed by atoms with Crippen molar-refractivity contribution < 1.29 is 4.74 Å². The Hall–Kier alpha value is -2.79. The summed E-state index contributed by atoms with van der Waals surface area (Å²) in [6.45, 7) is 2.81. The summed E-state index contributed by atoms with van der Waals surface area (Å²) < 4.78 is 8.22. The van der Waals surface area contributed by atoms with Crippen LogP contribution in [0.4, 0.5) is 0 Å². The minimum atomic E-state index is 0.287. The van der Waals surface area contributed by atoms with Crippen LogP contribution in [-0.4, -0.2) is 27.1 Å². The van der Waals surface area contributed by atoms with E-state index in [9.17, 15) is 0 Å². The van der Waals surface area contributed by atoms with Crippen LogP contribution in [0.25, 0.3) is 16.6 Å². The van der Waals surface area contributed by atoms with E-state index in [0.717, 1.165) is 40.2 Å². The summed E-state index contributed by atoms with van der Waals surface area (Å²) >= 11 is 1.85. The van der Waals surface area contributed by atoms with Crippen molar-refractivity contribution in [3.63, 3.8) is 0 Å². The first-order valence-electron chi connectivity index (χ1n) is 9.60. The van der Waals surface area contributed by atoms with Crippen LogP contribution < -0.4 is 4.74 Å². The van der Waals surface area contributed by atoms with Crippen LogP contribution in [0, 0.1) is 12.8 Å². The monoisotopic (exact) mass is 385 g/mol. The van der Waals surface area contributed by atoms with Gasteiger partial charge in [0.1, 0.15) is 5.03 Å². The molecular weight excluding hydrogens is 366 g/mol. The molecule has 0 N–H and O–H groups in total. The second-order valence-electron chi connectivity index (χ2n) is 7.49. The normalized spacial score (nSPS) is 20.2. The summed E-state index contributed by atoms with van der Waals surface area (Å²) in [6.07, 6.45) is 0. The summed E-state index contributed by atoms with van der Waals surface area (Å²) in [7, 11) is 0. The average Bonchev–Trinajstić information content (AvgIpc) is 3.09. The van der Waals surface area contributed by atoms with Gasteiger partial charge in [0.2, 0.25) is 5.88 Å². The minimum absolute atomic E-state index is 0.287. The van der Waals surface area contributed by atoms with Crippen molar-refractivity contribution in [3.8, 4) is 11.6 Å². The van der Waals surface area contributed by atoms with Crippen molar-refractivity contribution in [2.45, 2.75) is 17.9 Å². The van der Waals surface area contributed by atoms with Gasteiger partial charge in [-0.25, -0.2) is 9.67 Å². The Morgan fingerprint density at radius 3 is 2.79 bits per heavy atom. The molecule has 2 aromatic heterocycles. The molecule has 0 spiro atoms. The first-order chi connectivity index (χ1) is 13.8. The molecule has 2 aliphatic heterocycles. The average molecular weight is 385 g/mol. The molecule has 6 rings (SSSR count). The fourth-order valence-electron chi connectivity index (χ4n) is 4.47. The van der Waals surface area contributed by atoms with Gasteiger partial charge in [-0.05, 0) is 36.8 Å². The Labute approximate surface area is 167 Å². The van der Waals surface area contributed by atoms with Crippen molar-refractivity contribution in [3.05, 3.63) is 77.5 Å². The Bertz CT molecular complexity index is 1200. The molecule has 0 amide bonds. The molecule has 0 aliphatic carbocycles. The van der Waals surface area contributed by atoms with Crippen molar-refractivity contribution >= 4 is 22.7 Å². The second-order valence-corrected chi connectivity index (χ2v) is 8.50. The number of aryl methyl sites for hydroxylation is 1. The van der Waals surface area contributed by atoms with Crippen LogP contribution >= 0.6 is 11.8 Å². The molecule has 0 fully saturated rings. The lowest BCUT2D eigenvalue weighted by molar-refractivity contribution is 0.205. The van der Waals surface area contributed by atoms with Gasteiger partial charge in [-0.2, -0.15) is 5.10 Å². The number of fused-ring (bicyclic) bond motifs is 6. The lowest BCUT2D eigenvalue weighted by Crippen LogP contribution is -2.32. The molecule has 0 radical (unpaired) electrons. The van der Waals surface area contributed by atoms with E-state index in [4.69, 9.17) is 14.8 Å². The zero-order valence-corrected chi connectivity index (χ0v) is 16.3. The third-order valence-electron chi connectivity index (χ3n) is 5.77. The van der Waals surface area contributed by atoms with Gasteiger partial charge in [-0.15, -0.1) is 11.8 Å². The largest absolute Gasteiger partial charge is 0.477 e. The third-order valence-corrected chi connectivity index (χ3v) is 6.96. The van der Waals surface area contributed by atoms with Gasteiger partial charge in [0.05, 0.1) is 23.5 Å². The first-order valence-corrected chi connectivity index (χ1v) is 10.6. The van der Waals surface area contributed by atoms with E-state index in [0.29, 0.717) is 5.92 Å². The molecule has 2 aliphatic rings. The molecule has 4 heterocycles. The van der Waals surface area contributed by atoms with E-state index in [1.54, 1.807) is 0 Å². The second kappa shape index (κ2) is 6.11. The predicted molar refractivity (Wildman–Crippen MR) is 112 cm³/mol. The molecule has 0 unspecified atom stereocenters. The van der Waals surface area contributed by atoms with Crippen LogP contribution in [0.15, 0.2) is 65.7 Å². The van der Waals surface area contributed by atoms with E-state index in [1.807, 2.05) is 34.6 Å². The maximum Gasteiger partial charge on any atom is 0.220 e. The maximum atomic E-state index is 6.27. The standard InChI is InChI=1S/C23H19N3OS/c1-14-20-21-16(12-27-23(20)26(25-14)17-8-3-2-4-9-17)13-28-22-18(21)11-15-7-5-6-10-19(15)24-22/h2-11,16,21H,12-13H2,1H3/t16-,21-/m0/s1. The number of para-hydroxylation sites is 2. The molecule has 0 saturated heterocycles. The molecule has 4 aromatic rings. The van der Waals surface area contributed by atoms with Crippen LogP contribution in [0.2, 0.25) is 0 Å². The quantitative estimate of drug-likeness (QED) is 0.464. The van der Waals surface area contributed by atoms with Crippen molar-refractivity contribution in [1.82, 2.24) is 14.8 Å².